The highest BCUT2D eigenvalue weighted by Crippen LogP contribution is 2.28. The Kier molecular flexibility index (Phi) is 1.54. The van der Waals surface area contributed by atoms with Crippen LogP contribution in [0, 0.1) is 0 Å². The Morgan fingerprint density at radius 2 is 2.29 bits per heavy atom. The van der Waals surface area contributed by atoms with Crippen LogP contribution in [0.15, 0.2) is 18.1 Å². The molecule has 0 fully saturated rings. The number of phenolic OH excluding ortho intramolecular Hbond substituents is 2. The molecule has 1 aromatic rings. The summed E-state index contributed by atoms with van der Waals surface area (Å²) >= 11 is 0. The van der Waals surface area contributed by atoms with Crippen LogP contribution < -0.4 is 0 Å². The first kappa shape index (κ1) is 4.73. The van der Waals surface area contributed by atoms with Crippen molar-refractivity contribution in [3.05, 3.63) is 23.7 Å². The Hall–Kier alpha value is -1.64. The van der Waals surface area contributed by atoms with E-state index in [1.54, 1.807) is 0 Å². The molecule has 4 heteroatoms. The van der Waals surface area contributed by atoms with Gasteiger partial charge in [-0.15, -0.1) is 0 Å². The highest BCUT2D eigenvalue weighted by Gasteiger charge is 2.13. The molecular formula is C10H11O4+. The molecule has 0 heterocycles. The number of hydrogen-bond donors (Lipinski definition) is 3. The molecule has 0 amide bonds. The predicted molar refractivity (Wildman–Crippen MR) is 49.7 cm³/mol. The van der Waals surface area contributed by atoms with Crippen LogP contribution in [0.5, 0.6) is 11.5 Å². The van der Waals surface area contributed by atoms with Gasteiger partial charge in [-0.25, -0.2) is 0 Å². The molecule has 4 nitrogen and oxygen atoms in total. The SMILES string of the molecule is [2H]c1c([2H])c(C([2H])(O)C([2H])([2H])C[C+]=O)c([2H])c(O)c1O. The summed E-state index contributed by atoms with van der Waals surface area (Å²) in [6, 6.07) is -3.02. The Morgan fingerprint density at radius 1 is 1.57 bits per heavy atom. The van der Waals surface area contributed by atoms with E-state index in [2.05, 4.69) is 0 Å². The average molecular weight is 201 g/mol. The van der Waals surface area contributed by atoms with Gasteiger partial charge in [-0.2, -0.15) is 0 Å². The van der Waals surface area contributed by atoms with Crippen molar-refractivity contribution in [2.75, 3.05) is 0 Å². The van der Waals surface area contributed by atoms with Gasteiger partial charge in [0.1, 0.15) is 0 Å². The van der Waals surface area contributed by atoms with Gasteiger partial charge in [0.05, 0.1) is 11.6 Å². The summed E-state index contributed by atoms with van der Waals surface area (Å²) in [5.74, 6) is -2.24. The van der Waals surface area contributed by atoms with Crippen molar-refractivity contribution in [1.29, 1.82) is 0 Å². The van der Waals surface area contributed by atoms with Crippen molar-refractivity contribution < 1.29 is 28.3 Å². The minimum Gasteiger partial charge on any atom is -0.504 e. The first-order valence-electron chi connectivity index (χ1n) is 6.58. The minimum absolute atomic E-state index is 0.968. The molecule has 14 heavy (non-hydrogen) atoms. The summed E-state index contributed by atoms with van der Waals surface area (Å²) in [4.78, 5) is 10.3. The van der Waals surface area contributed by atoms with E-state index in [0.29, 0.717) is 0 Å². The molecule has 0 saturated carbocycles. The number of aliphatic hydroxyl groups is 1. The highest BCUT2D eigenvalue weighted by atomic mass is 16.3. The zero-order valence-electron chi connectivity index (χ0n) is 13.0. The largest absolute Gasteiger partial charge is 0.506 e. The summed E-state index contributed by atoms with van der Waals surface area (Å²) in [5, 5.41) is 28.6. The molecule has 1 atom stereocenters. The standard InChI is InChI=1S/C10H10O4/c11-5-1-2-8(12)7-3-4-9(13)10(14)6-7/h3-4,6,8,12H,1-2H2,(H-,13,14)/p+1/i2D2,3D,4D,6D,8D. The van der Waals surface area contributed by atoms with Gasteiger partial charge in [0.25, 0.3) is 0 Å². The number of aromatic hydroxyl groups is 2. The molecule has 1 rings (SSSR count). The van der Waals surface area contributed by atoms with E-state index in [-0.39, 0.29) is 0 Å². The molecule has 0 aliphatic carbocycles. The fourth-order valence-corrected chi connectivity index (χ4v) is 0.716. The van der Waals surface area contributed by atoms with E-state index in [0.717, 1.165) is 0 Å². The number of rotatable bonds is 4. The van der Waals surface area contributed by atoms with Gasteiger partial charge in [-0.1, -0.05) is 6.04 Å². The predicted octanol–water partition coefficient (Wildman–Crippen LogP) is 1.02. The summed E-state index contributed by atoms with van der Waals surface area (Å²) in [7, 11) is 0. The Bertz CT molecular complexity index is 528. The zero-order chi connectivity index (χ0) is 15.9. The summed E-state index contributed by atoms with van der Waals surface area (Å²) in [5.41, 5.74) is -1.02. The fraction of sp³-hybridized carbons (Fsp3) is 0.300. The summed E-state index contributed by atoms with van der Waals surface area (Å²) in [6.45, 7) is 0. The van der Waals surface area contributed by atoms with Gasteiger partial charge in [-0.3, -0.25) is 0 Å². The van der Waals surface area contributed by atoms with Crippen LogP contribution in [0.1, 0.15) is 32.7 Å². The van der Waals surface area contributed by atoms with Crippen molar-refractivity contribution in [2.24, 2.45) is 0 Å². The van der Waals surface area contributed by atoms with E-state index >= 15 is 0 Å². The van der Waals surface area contributed by atoms with Crippen molar-refractivity contribution in [3.63, 3.8) is 0 Å². The molecule has 0 spiro atoms. The van der Waals surface area contributed by atoms with Gasteiger partial charge in [0.2, 0.25) is 6.42 Å². The van der Waals surface area contributed by atoms with Gasteiger partial charge in [-0.05, 0) is 17.6 Å². The number of benzene rings is 1. The van der Waals surface area contributed by atoms with Gasteiger partial charge < -0.3 is 15.3 Å². The molecule has 0 saturated heterocycles. The maximum Gasteiger partial charge on any atom is 0.506 e. The van der Waals surface area contributed by atoms with Crippen LogP contribution in [-0.2, 0) is 4.79 Å². The van der Waals surface area contributed by atoms with Crippen molar-refractivity contribution >= 4 is 6.29 Å². The molecule has 1 aromatic carbocycles. The summed E-state index contributed by atoms with van der Waals surface area (Å²) in [6.07, 6.45) is -5.99. The lowest BCUT2D eigenvalue weighted by atomic mass is 10.0. The second-order valence-electron chi connectivity index (χ2n) is 2.29. The van der Waals surface area contributed by atoms with Crippen LogP contribution >= 0.6 is 0 Å². The molecule has 0 aromatic heterocycles. The van der Waals surface area contributed by atoms with Crippen molar-refractivity contribution in [3.8, 4) is 11.5 Å². The molecule has 3 N–H and O–H groups in total. The fourth-order valence-electron chi connectivity index (χ4n) is 0.716. The number of carbonyl (C=O) groups excluding carboxylic acids is 1. The van der Waals surface area contributed by atoms with E-state index in [4.69, 9.17) is 8.22 Å². The van der Waals surface area contributed by atoms with E-state index in [9.17, 15) is 20.1 Å². The maximum atomic E-state index is 10.3. The monoisotopic (exact) mass is 201 g/mol. The Balaban J connectivity index is 3.66. The van der Waals surface area contributed by atoms with E-state index < -0.39 is 54.1 Å². The maximum absolute atomic E-state index is 10.3. The molecule has 0 bridgehead atoms. The molecule has 1 unspecified atom stereocenters. The normalized spacial score (nSPS) is 21.5. The second-order valence-corrected chi connectivity index (χ2v) is 2.29. The van der Waals surface area contributed by atoms with Crippen LogP contribution in [0.3, 0.4) is 0 Å². The lowest BCUT2D eigenvalue weighted by Gasteiger charge is -2.07. The van der Waals surface area contributed by atoms with Crippen molar-refractivity contribution in [1.82, 2.24) is 0 Å². The lowest BCUT2D eigenvalue weighted by Crippen LogP contribution is -1.97. The van der Waals surface area contributed by atoms with E-state index in [1.807, 2.05) is 0 Å². The lowest BCUT2D eigenvalue weighted by molar-refractivity contribution is 0.169. The smallest absolute Gasteiger partial charge is 0.504 e. The summed E-state index contributed by atoms with van der Waals surface area (Å²) < 4.78 is 44.8. The first-order valence-corrected chi connectivity index (χ1v) is 3.58. The minimum atomic E-state index is -3.25. The Morgan fingerprint density at radius 3 is 2.93 bits per heavy atom. The quantitative estimate of drug-likeness (QED) is 0.502. The first-order chi connectivity index (χ1) is 8.99. The third kappa shape index (κ3) is 2.42. The van der Waals surface area contributed by atoms with Gasteiger partial charge in [0, 0.05) is 13.9 Å². The highest BCUT2D eigenvalue weighted by molar-refractivity contribution is 5.50. The molecule has 0 aliphatic rings. The van der Waals surface area contributed by atoms with Crippen LogP contribution in [0.2, 0.25) is 0 Å². The van der Waals surface area contributed by atoms with Crippen molar-refractivity contribution in [2.45, 2.75) is 18.9 Å². The third-order valence-electron chi connectivity index (χ3n) is 1.34. The second kappa shape index (κ2) is 4.56. The molecular weight excluding hydrogens is 184 g/mol. The average Bonchev–Trinajstić information content (AvgIpc) is 2.33. The van der Waals surface area contributed by atoms with Gasteiger partial charge in [0.15, 0.2) is 11.5 Å². The topological polar surface area (TPSA) is 77.8 Å². The number of hydrogen-bond acceptors (Lipinski definition) is 4. The van der Waals surface area contributed by atoms with Gasteiger partial charge >= 0.3 is 6.29 Å². The van der Waals surface area contributed by atoms with Crippen LogP contribution in [0.4, 0.5) is 0 Å². The Labute approximate surface area is 89.9 Å². The van der Waals surface area contributed by atoms with Crippen LogP contribution in [-0.4, -0.2) is 21.6 Å². The zero-order valence-corrected chi connectivity index (χ0v) is 6.96. The number of phenols is 2. The van der Waals surface area contributed by atoms with E-state index in [1.165, 1.54) is 6.29 Å². The molecule has 74 valence electrons. The molecule has 0 radical (unpaired) electrons. The third-order valence-corrected chi connectivity index (χ3v) is 1.34. The molecule has 0 aliphatic heterocycles. The van der Waals surface area contributed by atoms with Crippen LogP contribution in [0.25, 0.3) is 0 Å².